The van der Waals surface area contributed by atoms with Crippen LogP contribution in [0, 0.1) is 5.82 Å². The third-order valence-electron chi connectivity index (χ3n) is 9.44. The Morgan fingerprint density at radius 1 is 0.979 bits per heavy atom. The minimum Gasteiger partial charge on any atom is -0.411 e. The number of anilines is 1. The summed E-state index contributed by atoms with van der Waals surface area (Å²) in [6, 6.07) is 25.6. The van der Waals surface area contributed by atoms with E-state index in [1.807, 2.05) is 60.7 Å². The second-order valence-corrected chi connectivity index (χ2v) is 19.0. The molecule has 4 aromatic rings. The number of nitrogens with zero attached hydrogens (tertiary/aromatic N) is 1. The second kappa shape index (κ2) is 14.1. The van der Waals surface area contributed by atoms with Crippen molar-refractivity contribution in [1.29, 1.82) is 0 Å². The number of amides is 1. The third-order valence-corrected chi connectivity index (χ3v) is 14.0. The molecule has 0 aliphatic carbocycles. The fourth-order valence-corrected chi connectivity index (χ4v) is 7.44. The highest BCUT2D eigenvalue weighted by Gasteiger charge is 2.41. The average molecular weight is 655 g/mol. The van der Waals surface area contributed by atoms with Crippen molar-refractivity contribution in [3.05, 3.63) is 102 Å². The van der Waals surface area contributed by atoms with Crippen molar-refractivity contribution in [2.75, 3.05) is 11.9 Å². The van der Waals surface area contributed by atoms with E-state index in [1.165, 1.54) is 12.1 Å². The monoisotopic (exact) mass is 654 g/mol. The number of aromatic nitrogens is 1. The number of hydrogen-bond acceptors (Lipinski definition) is 4. The zero-order chi connectivity index (χ0) is 33.9. The highest BCUT2D eigenvalue weighted by molar-refractivity contribution is 6.74. The van der Waals surface area contributed by atoms with Gasteiger partial charge in [0.25, 0.3) is 5.91 Å². The fraction of sp³-hybridized carbons (Fsp3) is 0.385. The Hall–Kier alpha value is -3.85. The number of halogens is 1. The summed E-state index contributed by atoms with van der Waals surface area (Å²) in [7, 11) is -2.06. The molecule has 248 valence electrons. The quantitative estimate of drug-likeness (QED) is 0.173. The zero-order valence-corrected chi connectivity index (χ0v) is 29.6. The fourth-order valence-electron chi connectivity index (χ4n) is 6.10. The number of carbonyl (C=O) groups is 2. The molecular formula is C39H47FN2O4Si. The smallest absolute Gasteiger partial charge is 0.258 e. The van der Waals surface area contributed by atoms with Crippen LogP contribution >= 0.6 is 0 Å². The summed E-state index contributed by atoms with van der Waals surface area (Å²) >= 11 is 0. The maximum absolute atomic E-state index is 14.3. The van der Waals surface area contributed by atoms with Crippen molar-refractivity contribution in [3.63, 3.8) is 0 Å². The topological polar surface area (TPSA) is 69.6 Å². The highest BCUT2D eigenvalue weighted by Crippen LogP contribution is 2.43. The predicted octanol–water partition coefficient (Wildman–Crippen LogP) is 9.48. The van der Waals surface area contributed by atoms with Gasteiger partial charge in [0.05, 0.1) is 24.0 Å². The first kappa shape index (κ1) is 34.5. The molecule has 1 N–H and O–H groups in total. The van der Waals surface area contributed by atoms with Gasteiger partial charge in [-0.1, -0.05) is 83.1 Å². The molecular weight excluding hydrogens is 608 g/mol. The summed E-state index contributed by atoms with van der Waals surface area (Å²) in [5, 5.41) is 3.14. The van der Waals surface area contributed by atoms with Crippen molar-refractivity contribution < 1.29 is 23.1 Å². The van der Waals surface area contributed by atoms with Crippen LogP contribution in [-0.4, -0.2) is 43.4 Å². The van der Waals surface area contributed by atoms with Gasteiger partial charge >= 0.3 is 0 Å². The van der Waals surface area contributed by atoms with E-state index in [4.69, 9.17) is 9.16 Å². The molecule has 2 unspecified atom stereocenters. The van der Waals surface area contributed by atoms with Crippen molar-refractivity contribution >= 4 is 25.7 Å². The van der Waals surface area contributed by atoms with E-state index in [-0.39, 0.29) is 34.6 Å². The molecule has 47 heavy (non-hydrogen) atoms. The van der Waals surface area contributed by atoms with Gasteiger partial charge in [-0.05, 0) is 78.0 Å². The van der Waals surface area contributed by atoms with Crippen LogP contribution in [0.3, 0.4) is 0 Å². The molecule has 1 aliphatic rings. The minimum absolute atomic E-state index is 0.0340. The van der Waals surface area contributed by atoms with E-state index >= 15 is 0 Å². The van der Waals surface area contributed by atoms with Gasteiger partial charge in [0.2, 0.25) is 0 Å². The number of para-hydroxylation sites is 1. The SMILES string of the molecule is CC(C)c1c(C(=O)Nc2ccccc2)c(-c2ccccc2)c(-c2ccc(F)cc2)n1CCC1OCC(O[Si](C)(C)C(C)(C)C)CC1=O. The number of ether oxygens (including phenoxy) is 1. The van der Waals surface area contributed by atoms with Gasteiger partial charge in [0.1, 0.15) is 11.9 Å². The average Bonchev–Trinajstić information content (AvgIpc) is 3.37. The van der Waals surface area contributed by atoms with E-state index in [1.54, 1.807) is 12.1 Å². The molecule has 6 nitrogen and oxygen atoms in total. The number of Topliss-reactive ketones (excluding diaryl/α,β-unsaturated/α-hetero) is 1. The Morgan fingerprint density at radius 3 is 2.17 bits per heavy atom. The lowest BCUT2D eigenvalue weighted by Crippen LogP contribution is -2.48. The van der Waals surface area contributed by atoms with Crippen molar-refractivity contribution in [2.45, 2.75) is 90.3 Å². The summed E-state index contributed by atoms with van der Waals surface area (Å²) in [6.07, 6.45) is -0.0721. The Labute approximate surface area is 279 Å². The summed E-state index contributed by atoms with van der Waals surface area (Å²) < 4.78 is 29.1. The molecule has 0 radical (unpaired) electrons. The first-order chi connectivity index (χ1) is 22.3. The number of nitrogens with one attached hydrogen (secondary N) is 1. The molecule has 1 amide bonds. The van der Waals surface area contributed by atoms with Crippen LogP contribution in [-0.2, 0) is 20.5 Å². The molecule has 3 aromatic carbocycles. The van der Waals surface area contributed by atoms with Crippen LogP contribution in [0.5, 0.6) is 0 Å². The molecule has 1 aromatic heterocycles. The standard InChI is InChI=1S/C39H47FN2O4Si/c1-26(2)36-35(38(44)41-30-16-12-9-13-17-30)34(27-14-10-8-11-15-27)37(28-18-20-29(40)21-19-28)42(36)23-22-33-32(43)24-31(25-45-33)46-47(6,7)39(3,4)5/h8-21,26,31,33H,22-25H2,1-7H3,(H,41,44). The van der Waals surface area contributed by atoms with E-state index in [0.29, 0.717) is 37.2 Å². The maximum atomic E-state index is 14.3. The number of rotatable bonds is 10. The van der Waals surface area contributed by atoms with Crippen molar-refractivity contribution in [2.24, 2.45) is 0 Å². The van der Waals surface area contributed by atoms with Gasteiger partial charge in [-0.3, -0.25) is 9.59 Å². The number of ketones is 1. The summed E-state index contributed by atoms with van der Waals surface area (Å²) in [4.78, 5) is 27.8. The van der Waals surface area contributed by atoms with Gasteiger partial charge in [-0.25, -0.2) is 4.39 Å². The van der Waals surface area contributed by atoms with E-state index in [0.717, 1.165) is 28.1 Å². The molecule has 1 aliphatic heterocycles. The largest absolute Gasteiger partial charge is 0.411 e. The third kappa shape index (κ3) is 7.66. The Kier molecular flexibility index (Phi) is 10.3. The first-order valence-electron chi connectivity index (χ1n) is 16.5. The number of carbonyl (C=O) groups excluding carboxylic acids is 2. The normalized spacial score (nSPS) is 17.3. The molecule has 0 spiro atoms. The highest BCUT2D eigenvalue weighted by atomic mass is 28.4. The molecule has 5 rings (SSSR count). The van der Waals surface area contributed by atoms with Gasteiger partial charge in [0.15, 0.2) is 14.1 Å². The van der Waals surface area contributed by atoms with Crippen LogP contribution in [0.1, 0.15) is 69.4 Å². The number of hydrogen-bond donors (Lipinski definition) is 1. The van der Waals surface area contributed by atoms with Crippen LogP contribution in [0.4, 0.5) is 10.1 Å². The lowest BCUT2D eigenvalue weighted by atomic mass is 9.94. The van der Waals surface area contributed by atoms with E-state index < -0.39 is 14.4 Å². The molecule has 0 bridgehead atoms. The lowest BCUT2D eigenvalue weighted by molar-refractivity contribution is -0.143. The molecule has 2 heterocycles. The molecule has 1 fully saturated rings. The van der Waals surface area contributed by atoms with Crippen molar-refractivity contribution in [3.8, 4) is 22.4 Å². The molecule has 1 saturated heterocycles. The van der Waals surface area contributed by atoms with Crippen LogP contribution in [0.2, 0.25) is 18.1 Å². The van der Waals surface area contributed by atoms with Gasteiger partial charge < -0.3 is 19.0 Å². The Bertz CT molecular complexity index is 1690. The summed E-state index contributed by atoms with van der Waals surface area (Å²) in [5.41, 5.74) is 5.34. The van der Waals surface area contributed by atoms with Crippen LogP contribution in [0.25, 0.3) is 22.4 Å². The number of benzene rings is 3. The lowest BCUT2D eigenvalue weighted by Gasteiger charge is -2.40. The zero-order valence-electron chi connectivity index (χ0n) is 28.6. The van der Waals surface area contributed by atoms with Crippen LogP contribution in [0.15, 0.2) is 84.9 Å². The summed E-state index contributed by atoms with van der Waals surface area (Å²) in [5.74, 6) is -0.577. The first-order valence-corrected chi connectivity index (χ1v) is 19.4. The molecule has 0 saturated carbocycles. The second-order valence-electron chi connectivity index (χ2n) is 14.3. The van der Waals surface area contributed by atoms with Gasteiger partial charge in [-0.2, -0.15) is 0 Å². The van der Waals surface area contributed by atoms with Gasteiger partial charge in [0, 0.05) is 29.9 Å². The van der Waals surface area contributed by atoms with Crippen LogP contribution < -0.4 is 5.32 Å². The minimum atomic E-state index is -2.06. The van der Waals surface area contributed by atoms with Crippen molar-refractivity contribution in [1.82, 2.24) is 4.57 Å². The Balaban J connectivity index is 1.56. The maximum Gasteiger partial charge on any atom is 0.258 e. The molecule has 8 heteroatoms. The van der Waals surface area contributed by atoms with E-state index in [9.17, 15) is 14.0 Å². The van der Waals surface area contributed by atoms with E-state index in [2.05, 4.69) is 57.6 Å². The van der Waals surface area contributed by atoms with Gasteiger partial charge in [-0.15, -0.1) is 0 Å². The Morgan fingerprint density at radius 2 is 1.60 bits per heavy atom. The summed E-state index contributed by atoms with van der Waals surface area (Å²) in [6.45, 7) is 15.9. The molecule has 2 atom stereocenters. The predicted molar refractivity (Wildman–Crippen MR) is 190 cm³/mol.